The molecule has 6 aromatic rings. The SMILES string of the molecule is Oc1cc(O)c2c(c1)OC1(c3ccc(O)c(O)c3)Oc3c4c(c5c(c3C2C1O)OC1(c2ccc(O)c(O)c2)Oc2cc(O)cc(O)c2C5C1O)OC(c1ccc(O)c(O)c1)C(O)C4. The predicted molar refractivity (Wildman–Crippen MR) is 210 cm³/mol. The summed E-state index contributed by atoms with van der Waals surface area (Å²) in [4.78, 5) is 0. The van der Waals surface area contributed by atoms with E-state index in [2.05, 4.69) is 0 Å². The molecule has 5 aliphatic rings. The van der Waals surface area contributed by atoms with Gasteiger partial charge in [-0.1, -0.05) is 6.07 Å². The number of benzene rings is 6. The van der Waals surface area contributed by atoms with Crippen LogP contribution in [0.4, 0.5) is 0 Å². The second-order valence-electron chi connectivity index (χ2n) is 16.1. The van der Waals surface area contributed by atoms with Crippen LogP contribution in [0.1, 0.15) is 62.4 Å². The van der Waals surface area contributed by atoms with E-state index in [1.165, 1.54) is 30.3 Å². The number of aliphatic hydroxyl groups excluding tert-OH is 3. The van der Waals surface area contributed by atoms with Gasteiger partial charge in [-0.3, -0.25) is 0 Å². The molecule has 8 atom stereocenters. The van der Waals surface area contributed by atoms with E-state index in [1.807, 2.05) is 0 Å². The van der Waals surface area contributed by atoms with Crippen LogP contribution in [0.5, 0.6) is 86.2 Å². The standard InChI is InChI=1S/C45H34O18/c46-18-10-27(54)32-30(12-18)61-45(17-3-6-23(50)26(53)9-17)42(57)34(32)36-39-20(14-29(56)38(59-39)15-1-4-21(48)24(51)7-15)40-37(41(36)63-45)35-33-28(55)11-19(47)13-31(33)60-44(62-40,43(35)58)16-2-5-22(49)25(52)8-16/h1-13,29,34-35,38,42-43,46-58H,14H2. The maximum absolute atomic E-state index is 12.7. The van der Waals surface area contributed by atoms with Crippen LogP contribution in [0.3, 0.4) is 0 Å². The summed E-state index contributed by atoms with van der Waals surface area (Å²) < 4.78 is 33.3. The lowest BCUT2D eigenvalue weighted by atomic mass is 9.69. The summed E-state index contributed by atoms with van der Waals surface area (Å²) in [5.41, 5.74) is -0.197. The summed E-state index contributed by atoms with van der Waals surface area (Å²) in [7, 11) is 0. The molecular formula is C45H34O18. The minimum atomic E-state index is -2.43. The van der Waals surface area contributed by atoms with Gasteiger partial charge in [0, 0.05) is 69.6 Å². The molecule has 18 heteroatoms. The first kappa shape index (κ1) is 38.1. The highest BCUT2D eigenvalue weighted by Crippen LogP contribution is 2.69. The van der Waals surface area contributed by atoms with Crippen molar-refractivity contribution in [3.63, 3.8) is 0 Å². The Morgan fingerprint density at radius 3 is 1.38 bits per heavy atom. The first-order chi connectivity index (χ1) is 30.0. The average molecular weight is 863 g/mol. The molecule has 0 amide bonds. The second kappa shape index (κ2) is 12.6. The molecule has 0 saturated heterocycles. The summed E-state index contributed by atoms with van der Waals surface area (Å²) in [5.74, 6) is -14.1. The van der Waals surface area contributed by atoms with Crippen molar-refractivity contribution in [1.82, 2.24) is 0 Å². The minimum Gasteiger partial charge on any atom is -0.508 e. The number of hydrogen-bond acceptors (Lipinski definition) is 18. The second-order valence-corrected chi connectivity index (χ2v) is 16.1. The summed E-state index contributed by atoms with van der Waals surface area (Å²) in [6.07, 6.45) is -6.88. The van der Waals surface area contributed by atoms with Crippen molar-refractivity contribution in [3.8, 4) is 86.2 Å². The van der Waals surface area contributed by atoms with Crippen molar-refractivity contribution in [2.75, 3.05) is 0 Å². The van der Waals surface area contributed by atoms with Gasteiger partial charge in [-0.15, -0.1) is 0 Å². The monoisotopic (exact) mass is 862 g/mol. The number of hydrogen-bond donors (Lipinski definition) is 13. The van der Waals surface area contributed by atoms with E-state index in [1.54, 1.807) is 0 Å². The highest BCUT2D eigenvalue weighted by Gasteiger charge is 2.65. The van der Waals surface area contributed by atoms with Crippen molar-refractivity contribution < 1.29 is 90.1 Å². The lowest BCUT2D eigenvalue weighted by Crippen LogP contribution is -2.60. The van der Waals surface area contributed by atoms with E-state index in [9.17, 15) is 66.4 Å². The van der Waals surface area contributed by atoms with E-state index in [0.29, 0.717) is 0 Å². The molecule has 0 fully saturated rings. The summed E-state index contributed by atoms with van der Waals surface area (Å²) in [6, 6.07) is 15.0. The van der Waals surface area contributed by atoms with Gasteiger partial charge < -0.3 is 90.1 Å². The van der Waals surface area contributed by atoms with Gasteiger partial charge in [0.25, 0.3) is 0 Å². The molecule has 11 rings (SSSR count). The Balaban J connectivity index is 1.27. The average Bonchev–Trinajstić information content (AvgIpc) is 3.21. The van der Waals surface area contributed by atoms with Gasteiger partial charge in [-0.25, -0.2) is 0 Å². The molecule has 0 aromatic heterocycles. The lowest BCUT2D eigenvalue weighted by Gasteiger charge is -2.54. The van der Waals surface area contributed by atoms with Gasteiger partial charge in [0.05, 0.1) is 17.9 Å². The molecule has 4 bridgehead atoms. The van der Waals surface area contributed by atoms with E-state index in [0.717, 1.165) is 48.5 Å². The van der Waals surface area contributed by atoms with Crippen LogP contribution in [0.15, 0.2) is 78.9 Å². The fourth-order valence-corrected chi connectivity index (χ4v) is 9.74. The van der Waals surface area contributed by atoms with Crippen molar-refractivity contribution in [2.45, 2.75) is 54.2 Å². The Kier molecular flexibility index (Phi) is 7.65. The zero-order valence-electron chi connectivity index (χ0n) is 32.0. The smallest absolute Gasteiger partial charge is 0.305 e. The molecule has 5 aliphatic heterocycles. The molecular weight excluding hydrogens is 828 g/mol. The van der Waals surface area contributed by atoms with Crippen molar-refractivity contribution in [1.29, 1.82) is 0 Å². The Morgan fingerprint density at radius 1 is 0.429 bits per heavy atom. The Hall–Kier alpha value is -7.80. The summed E-state index contributed by atoms with van der Waals surface area (Å²) >= 11 is 0. The summed E-state index contributed by atoms with van der Waals surface area (Å²) in [5, 5.41) is 145. The van der Waals surface area contributed by atoms with Crippen molar-refractivity contribution in [3.05, 3.63) is 123 Å². The van der Waals surface area contributed by atoms with Crippen LogP contribution >= 0.6 is 0 Å². The maximum Gasteiger partial charge on any atom is 0.305 e. The van der Waals surface area contributed by atoms with Crippen LogP contribution in [0.2, 0.25) is 0 Å². The largest absolute Gasteiger partial charge is 0.508 e. The zero-order valence-corrected chi connectivity index (χ0v) is 32.0. The molecule has 0 aliphatic carbocycles. The van der Waals surface area contributed by atoms with E-state index in [-0.39, 0.29) is 79.7 Å². The maximum atomic E-state index is 12.7. The number of phenolic OH excluding ortho intramolecular Hbond substituents is 10. The topological polar surface area (TPSA) is 309 Å². The molecule has 18 nitrogen and oxygen atoms in total. The van der Waals surface area contributed by atoms with Gasteiger partial charge in [0.2, 0.25) is 0 Å². The van der Waals surface area contributed by atoms with Gasteiger partial charge in [-0.2, -0.15) is 0 Å². The minimum absolute atomic E-state index is 0.0304. The third kappa shape index (κ3) is 5.04. The van der Waals surface area contributed by atoms with E-state index in [4.69, 9.17) is 23.7 Å². The Morgan fingerprint density at radius 2 is 0.889 bits per heavy atom. The number of ether oxygens (including phenoxy) is 5. The van der Waals surface area contributed by atoms with E-state index < -0.39 is 105 Å². The highest BCUT2D eigenvalue weighted by atomic mass is 16.7. The van der Waals surface area contributed by atoms with Crippen LogP contribution in [0, 0.1) is 0 Å². The molecule has 322 valence electrons. The normalized spacial score (nSPS) is 26.7. The van der Waals surface area contributed by atoms with Crippen LogP contribution in [-0.2, 0) is 18.0 Å². The molecule has 5 heterocycles. The van der Waals surface area contributed by atoms with Gasteiger partial charge >= 0.3 is 11.6 Å². The number of phenols is 10. The number of aliphatic hydroxyl groups is 3. The number of rotatable bonds is 3. The Bertz CT molecular complexity index is 2990. The molecule has 0 spiro atoms. The lowest BCUT2D eigenvalue weighted by molar-refractivity contribution is -0.228. The predicted octanol–water partition coefficient (Wildman–Crippen LogP) is 4.04. The first-order valence-electron chi connectivity index (χ1n) is 19.4. The third-order valence-electron chi connectivity index (χ3n) is 12.5. The summed E-state index contributed by atoms with van der Waals surface area (Å²) in [6.45, 7) is 0. The zero-order chi connectivity index (χ0) is 44.2. The van der Waals surface area contributed by atoms with E-state index >= 15 is 0 Å². The molecule has 13 N–H and O–H groups in total. The molecule has 0 radical (unpaired) electrons. The highest BCUT2D eigenvalue weighted by molar-refractivity contribution is 5.75. The number of aromatic hydroxyl groups is 10. The Labute approximate surface area is 353 Å². The van der Waals surface area contributed by atoms with Crippen molar-refractivity contribution >= 4 is 0 Å². The van der Waals surface area contributed by atoms with Gasteiger partial charge in [-0.05, 0) is 54.1 Å². The first-order valence-corrected chi connectivity index (χ1v) is 19.4. The molecule has 63 heavy (non-hydrogen) atoms. The fraction of sp³-hybridized carbons (Fsp3) is 0.200. The third-order valence-corrected chi connectivity index (χ3v) is 12.5. The van der Waals surface area contributed by atoms with Crippen LogP contribution in [0.25, 0.3) is 0 Å². The number of fused-ring (bicyclic) bond motifs is 16. The quantitative estimate of drug-likeness (QED) is 0.112. The van der Waals surface area contributed by atoms with Gasteiger partial charge in [0.15, 0.2) is 34.5 Å². The van der Waals surface area contributed by atoms with Crippen LogP contribution < -0.4 is 23.7 Å². The fourth-order valence-electron chi connectivity index (χ4n) is 9.74. The van der Waals surface area contributed by atoms with Crippen molar-refractivity contribution in [2.24, 2.45) is 0 Å². The molecule has 8 unspecified atom stereocenters. The molecule has 6 aromatic carbocycles. The van der Waals surface area contributed by atoms with Gasteiger partial charge in [0.1, 0.15) is 70.1 Å². The molecule has 0 saturated carbocycles. The van der Waals surface area contributed by atoms with Crippen LogP contribution in [-0.4, -0.2) is 84.7 Å².